The van der Waals surface area contributed by atoms with Crippen molar-refractivity contribution in [3.63, 3.8) is 0 Å². The monoisotopic (exact) mass is 340 g/mol. The van der Waals surface area contributed by atoms with Gasteiger partial charge in [-0.2, -0.15) is 13.2 Å². The second-order valence-electron chi connectivity index (χ2n) is 4.54. The molecule has 0 saturated heterocycles. The van der Waals surface area contributed by atoms with Gasteiger partial charge >= 0.3 is 6.18 Å². The van der Waals surface area contributed by atoms with E-state index in [4.69, 9.17) is 0 Å². The minimum Gasteiger partial charge on any atom is -0.482 e. The molecular formula is C12H15F3N2O4S. The first-order valence-corrected chi connectivity index (χ1v) is 7.90. The summed E-state index contributed by atoms with van der Waals surface area (Å²) in [4.78, 5) is 11.6. The molecule has 1 aromatic rings. The van der Waals surface area contributed by atoms with E-state index in [0.717, 1.165) is 6.26 Å². The number of aryl methyl sites for hydroxylation is 1. The smallest absolute Gasteiger partial charge is 0.422 e. The number of alkyl halides is 3. The number of benzene rings is 1. The van der Waals surface area contributed by atoms with Gasteiger partial charge in [-0.15, -0.1) is 0 Å². The summed E-state index contributed by atoms with van der Waals surface area (Å²) in [5, 5.41) is 2.29. The molecule has 10 heteroatoms. The number of sulfonamides is 1. The zero-order chi connectivity index (χ0) is 17.0. The summed E-state index contributed by atoms with van der Waals surface area (Å²) in [6, 6.07) is 4.28. The highest BCUT2D eigenvalue weighted by Gasteiger charge is 2.29. The van der Waals surface area contributed by atoms with E-state index in [0.29, 0.717) is 5.56 Å². The highest BCUT2D eigenvalue weighted by Crippen LogP contribution is 2.27. The molecule has 1 amide bonds. The molecule has 0 aliphatic heterocycles. The van der Waals surface area contributed by atoms with Crippen LogP contribution in [0.15, 0.2) is 18.2 Å². The Labute approximate surface area is 125 Å². The van der Waals surface area contributed by atoms with Crippen LogP contribution in [0.5, 0.6) is 5.75 Å². The second kappa shape index (κ2) is 6.97. The zero-order valence-corrected chi connectivity index (χ0v) is 12.6. The number of rotatable bonds is 6. The fraction of sp³-hybridized carbons (Fsp3) is 0.417. The Hall–Kier alpha value is -1.81. The maximum Gasteiger partial charge on any atom is 0.422 e. The van der Waals surface area contributed by atoms with Gasteiger partial charge < -0.3 is 10.1 Å². The van der Waals surface area contributed by atoms with Crippen LogP contribution in [0.3, 0.4) is 0 Å². The molecule has 0 aliphatic rings. The van der Waals surface area contributed by atoms with Gasteiger partial charge in [0.25, 0.3) is 0 Å². The molecule has 0 saturated carbocycles. The average Bonchev–Trinajstić information content (AvgIpc) is 2.35. The molecule has 0 spiro atoms. The second-order valence-corrected chi connectivity index (χ2v) is 6.38. The molecule has 1 rings (SSSR count). The van der Waals surface area contributed by atoms with E-state index < -0.39 is 35.3 Å². The van der Waals surface area contributed by atoms with Crippen molar-refractivity contribution in [1.29, 1.82) is 0 Å². The molecule has 2 N–H and O–H groups in total. The van der Waals surface area contributed by atoms with Crippen LogP contribution in [0.25, 0.3) is 0 Å². The summed E-state index contributed by atoms with van der Waals surface area (Å²) in [5.41, 5.74) is 0.666. The number of anilines is 1. The number of hydrogen-bond acceptors (Lipinski definition) is 4. The van der Waals surface area contributed by atoms with Gasteiger partial charge in [-0.1, -0.05) is 6.07 Å². The lowest BCUT2D eigenvalue weighted by molar-refractivity contribution is -0.153. The molecule has 0 fully saturated rings. The third-order valence-electron chi connectivity index (χ3n) is 2.30. The zero-order valence-electron chi connectivity index (χ0n) is 11.8. The minimum absolute atomic E-state index is 0.0233. The maximum absolute atomic E-state index is 12.2. The van der Waals surface area contributed by atoms with Crippen molar-refractivity contribution in [2.24, 2.45) is 0 Å². The van der Waals surface area contributed by atoms with Gasteiger partial charge in [0.15, 0.2) is 6.61 Å². The van der Waals surface area contributed by atoms with Crippen molar-refractivity contribution in [1.82, 2.24) is 4.72 Å². The van der Waals surface area contributed by atoms with Crippen LogP contribution in [-0.4, -0.2) is 39.9 Å². The van der Waals surface area contributed by atoms with Crippen molar-refractivity contribution in [3.05, 3.63) is 23.8 Å². The van der Waals surface area contributed by atoms with Gasteiger partial charge in [0.1, 0.15) is 5.75 Å². The number of hydrogen-bond donors (Lipinski definition) is 2. The number of carbonyl (C=O) groups excluding carboxylic acids is 1. The third kappa shape index (κ3) is 7.27. The largest absolute Gasteiger partial charge is 0.482 e. The summed E-state index contributed by atoms with van der Waals surface area (Å²) >= 11 is 0. The molecule has 0 unspecified atom stereocenters. The van der Waals surface area contributed by atoms with Crippen LogP contribution >= 0.6 is 0 Å². The van der Waals surface area contributed by atoms with Gasteiger partial charge in [0.2, 0.25) is 15.9 Å². The van der Waals surface area contributed by atoms with E-state index in [1.807, 2.05) is 4.72 Å². The van der Waals surface area contributed by atoms with E-state index in [2.05, 4.69) is 10.1 Å². The van der Waals surface area contributed by atoms with Gasteiger partial charge in [0, 0.05) is 0 Å². The minimum atomic E-state index is -4.51. The van der Waals surface area contributed by atoms with E-state index >= 15 is 0 Å². The third-order valence-corrected chi connectivity index (χ3v) is 2.97. The summed E-state index contributed by atoms with van der Waals surface area (Å²) in [5.74, 6) is -0.879. The van der Waals surface area contributed by atoms with E-state index in [-0.39, 0.29) is 11.4 Å². The Morgan fingerprint density at radius 1 is 1.32 bits per heavy atom. The average molecular weight is 340 g/mol. The Morgan fingerprint density at radius 2 is 1.95 bits per heavy atom. The number of ether oxygens (including phenoxy) is 1. The summed E-state index contributed by atoms with van der Waals surface area (Å²) in [6.07, 6.45) is -3.63. The first-order valence-electron chi connectivity index (χ1n) is 6.01. The molecule has 22 heavy (non-hydrogen) atoms. The maximum atomic E-state index is 12.2. The summed E-state index contributed by atoms with van der Waals surface area (Å²) in [7, 11) is -3.55. The van der Waals surface area contributed by atoms with Crippen molar-refractivity contribution >= 4 is 21.6 Å². The fourth-order valence-electron chi connectivity index (χ4n) is 1.40. The van der Waals surface area contributed by atoms with Crippen molar-refractivity contribution in [3.8, 4) is 5.75 Å². The van der Waals surface area contributed by atoms with Crippen molar-refractivity contribution in [2.45, 2.75) is 13.1 Å². The standard InChI is InChI=1S/C12H15F3N2O4S/c1-8-3-4-9(10(5-8)21-7-12(13,14)15)17-11(18)6-16-22(2,19)20/h3-5,16H,6-7H2,1-2H3,(H,17,18). The van der Waals surface area contributed by atoms with Gasteiger partial charge in [-0.05, 0) is 24.6 Å². The molecule has 0 heterocycles. The van der Waals surface area contributed by atoms with E-state index in [9.17, 15) is 26.4 Å². The van der Waals surface area contributed by atoms with Gasteiger partial charge in [0.05, 0.1) is 18.5 Å². The molecule has 0 aromatic heterocycles. The molecule has 0 aliphatic carbocycles. The normalized spacial score (nSPS) is 12.0. The highest BCUT2D eigenvalue weighted by atomic mass is 32.2. The first kappa shape index (κ1) is 18.2. The van der Waals surface area contributed by atoms with E-state index in [1.165, 1.54) is 12.1 Å². The van der Waals surface area contributed by atoms with Crippen molar-refractivity contribution in [2.75, 3.05) is 24.7 Å². The van der Waals surface area contributed by atoms with Gasteiger partial charge in [-0.25, -0.2) is 13.1 Å². The predicted molar refractivity (Wildman–Crippen MR) is 74.2 cm³/mol. The summed E-state index contributed by atoms with van der Waals surface area (Å²) < 4.78 is 65.0. The van der Waals surface area contributed by atoms with Crippen LogP contribution in [0.1, 0.15) is 5.56 Å². The summed E-state index contributed by atoms with van der Waals surface area (Å²) in [6.45, 7) is -0.385. The number of halogens is 3. The molecule has 1 aromatic carbocycles. The fourth-order valence-corrected chi connectivity index (χ4v) is 1.80. The first-order chi connectivity index (χ1) is 9.96. The topological polar surface area (TPSA) is 84.5 Å². The Kier molecular flexibility index (Phi) is 5.78. The van der Waals surface area contributed by atoms with Crippen molar-refractivity contribution < 1.29 is 31.1 Å². The lowest BCUT2D eigenvalue weighted by Crippen LogP contribution is -2.32. The lowest BCUT2D eigenvalue weighted by atomic mass is 10.2. The van der Waals surface area contributed by atoms with Crippen LogP contribution in [-0.2, 0) is 14.8 Å². The van der Waals surface area contributed by atoms with Crippen LogP contribution in [0.2, 0.25) is 0 Å². The van der Waals surface area contributed by atoms with Crippen LogP contribution < -0.4 is 14.8 Å². The van der Waals surface area contributed by atoms with Gasteiger partial charge in [-0.3, -0.25) is 4.79 Å². The SMILES string of the molecule is Cc1ccc(NC(=O)CNS(C)(=O)=O)c(OCC(F)(F)F)c1. The Bertz CT molecular complexity index is 644. The highest BCUT2D eigenvalue weighted by molar-refractivity contribution is 7.88. The molecule has 0 bridgehead atoms. The van der Waals surface area contributed by atoms with Crippen LogP contribution in [0, 0.1) is 6.92 Å². The van der Waals surface area contributed by atoms with E-state index in [1.54, 1.807) is 13.0 Å². The predicted octanol–water partition coefficient (Wildman–Crippen LogP) is 1.42. The molecular weight excluding hydrogens is 325 g/mol. The Balaban J connectivity index is 2.79. The molecule has 124 valence electrons. The number of amides is 1. The Morgan fingerprint density at radius 3 is 2.50 bits per heavy atom. The molecule has 0 atom stereocenters. The molecule has 6 nitrogen and oxygen atoms in total. The lowest BCUT2D eigenvalue weighted by Gasteiger charge is -2.14. The number of nitrogens with one attached hydrogen (secondary N) is 2. The quantitative estimate of drug-likeness (QED) is 0.820. The number of carbonyl (C=O) groups is 1. The van der Waals surface area contributed by atoms with Crippen LogP contribution in [0.4, 0.5) is 18.9 Å². The molecule has 0 radical (unpaired) electrons.